The van der Waals surface area contributed by atoms with E-state index >= 15 is 0 Å². The fourth-order valence-electron chi connectivity index (χ4n) is 6.54. The van der Waals surface area contributed by atoms with Crippen molar-refractivity contribution in [1.82, 2.24) is 0 Å². The van der Waals surface area contributed by atoms with Gasteiger partial charge in [-0.25, -0.2) is 0 Å². The molecular formula is C54H104O8S2Sn. The van der Waals surface area contributed by atoms with Crippen LogP contribution in [0.3, 0.4) is 0 Å². The van der Waals surface area contributed by atoms with E-state index < -0.39 is 0 Å². The molecule has 384 valence electrons. The van der Waals surface area contributed by atoms with E-state index in [1.165, 1.54) is 167 Å². The molecule has 0 aliphatic rings. The molecule has 0 aromatic heterocycles. The number of carbonyl (C=O) groups is 4. The van der Waals surface area contributed by atoms with E-state index in [2.05, 4.69) is 41.5 Å². The zero-order valence-electron chi connectivity index (χ0n) is 43.1. The van der Waals surface area contributed by atoms with Gasteiger partial charge in [0.25, 0.3) is 0 Å². The van der Waals surface area contributed by atoms with Gasteiger partial charge in [-0.3, -0.25) is 19.2 Å². The molecule has 0 spiro atoms. The molecule has 4 radical (unpaired) electrons. The topological polar surface area (TPSA) is 105 Å². The van der Waals surface area contributed by atoms with E-state index in [-0.39, 0.29) is 60.6 Å². The Labute approximate surface area is 432 Å². The first-order chi connectivity index (χ1) is 31.2. The second-order valence-electron chi connectivity index (χ2n) is 16.9. The fourth-order valence-corrected chi connectivity index (χ4v) is 6.71. The van der Waals surface area contributed by atoms with Crippen LogP contribution in [0.1, 0.15) is 272 Å². The first kappa shape index (κ1) is 73.3. The Morgan fingerprint density at radius 1 is 0.308 bits per heavy atom. The molecule has 0 amide bonds. The SMILES string of the molecule is CCCCCCCCCCCCCCCCCC(=O)OCC[S-].CCCCCCCCCCCCCCCCCC(=O)OCC[S-].[CH2]CC(=O)OCCCC.[CH2]CC(=O)OCCCC.[Sn+2]. The minimum Gasteiger partial charge on any atom is -0.789 e. The van der Waals surface area contributed by atoms with E-state index in [4.69, 9.17) is 44.2 Å². The van der Waals surface area contributed by atoms with E-state index in [1.807, 2.05) is 0 Å². The summed E-state index contributed by atoms with van der Waals surface area (Å²) < 4.78 is 19.4. The van der Waals surface area contributed by atoms with Crippen LogP contribution in [-0.4, -0.2) is 85.7 Å². The number of rotatable bonds is 44. The summed E-state index contributed by atoms with van der Waals surface area (Å²) in [7, 11) is 0. The first-order valence-corrected chi connectivity index (χ1v) is 27.8. The van der Waals surface area contributed by atoms with Crippen molar-refractivity contribution < 1.29 is 38.1 Å². The van der Waals surface area contributed by atoms with Crippen molar-refractivity contribution in [2.24, 2.45) is 0 Å². The van der Waals surface area contributed by atoms with Crippen molar-refractivity contribution in [2.45, 2.75) is 272 Å². The predicted octanol–water partition coefficient (Wildman–Crippen LogP) is 15.4. The Bertz CT molecular complexity index is 855. The molecule has 0 aromatic carbocycles. The molecule has 0 unspecified atom stereocenters. The summed E-state index contributed by atoms with van der Waals surface area (Å²) in [5.41, 5.74) is 0. The fraction of sp³-hybridized carbons (Fsp3) is 0.889. The Hall–Kier alpha value is -0.621. The van der Waals surface area contributed by atoms with Gasteiger partial charge in [0.2, 0.25) is 0 Å². The molecule has 65 heavy (non-hydrogen) atoms. The van der Waals surface area contributed by atoms with Crippen LogP contribution >= 0.6 is 0 Å². The number of esters is 4. The molecule has 8 nitrogen and oxygen atoms in total. The molecule has 0 fully saturated rings. The van der Waals surface area contributed by atoms with Gasteiger partial charge in [-0.05, 0) is 39.5 Å². The van der Waals surface area contributed by atoms with Crippen LogP contribution in [0.4, 0.5) is 0 Å². The number of carbonyl (C=O) groups excluding carboxylic acids is 4. The average Bonchev–Trinajstić information content (AvgIpc) is 3.30. The zero-order valence-corrected chi connectivity index (χ0v) is 47.6. The third-order valence-corrected chi connectivity index (χ3v) is 10.9. The monoisotopic (exact) mass is 1060 g/mol. The average molecular weight is 1060 g/mol. The summed E-state index contributed by atoms with van der Waals surface area (Å²) in [6.07, 6.45) is 46.0. The largest absolute Gasteiger partial charge is 2.00 e. The van der Waals surface area contributed by atoms with Crippen molar-refractivity contribution in [3.05, 3.63) is 13.8 Å². The molecule has 0 bridgehead atoms. The number of unbranched alkanes of at least 4 members (excludes halogenated alkanes) is 30. The molecular weight excluding hydrogens is 959 g/mol. The minimum absolute atomic E-state index is 0. The van der Waals surface area contributed by atoms with E-state index in [9.17, 15) is 19.2 Å². The van der Waals surface area contributed by atoms with E-state index in [1.54, 1.807) is 0 Å². The van der Waals surface area contributed by atoms with Gasteiger partial charge >= 0.3 is 47.8 Å². The quantitative estimate of drug-likeness (QED) is 0.0193. The van der Waals surface area contributed by atoms with Gasteiger partial charge < -0.3 is 44.2 Å². The Balaban J connectivity index is -0.000000267. The summed E-state index contributed by atoms with van der Waals surface area (Å²) in [6.45, 7) is 17.3. The van der Waals surface area contributed by atoms with Gasteiger partial charge in [0.15, 0.2) is 0 Å². The van der Waals surface area contributed by atoms with Gasteiger partial charge in [-0.2, -0.15) is 0 Å². The predicted molar refractivity (Wildman–Crippen MR) is 283 cm³/mol. The third kappa shape index (κ3) is 77.9. The second-order valence-corrected chi connectivity index (χ2v) is 17.7. The van der Waals surface area contributed by atoms with Crippen molar-refractivity contribution in [1.29, 1.82) is 0 Å². The summed E-state index contributed by atoms with van der Waals surface area (Å²) in [5.74, 6) is 0.441. The molecule has 0 rings (SSSR count). The number of hydrogen-bond donors (Lipinski definition) is 0. The normalized spacial score (nSPS) is 10.2. The van der Waals surface area contributed by atoms with Crippen molar-refractivity contribution in [2.75, 3.05) is 37.9 Å². The first-order valence-electron chi connectivity index (χ1n) is 26.6. The van der Waals surface area contributed by atoms with Gasteiger partial charge in [-0.15, -0.1) is 11.5 Å². The summed E-state index contributed by atoms with van der Waals surface area (Å²) in [5, 5.41) is 0. The molecule has 0 aliphatic carbocycles. The molecule has 0 atom stereocenters. The second kappa shape index (κ2) is 69.9. The molecule has 11 heteroatoms. The van der Waals surface area contributed by atoms with Gasteiger partial charge in [-0.1, -0.05) is 220 Å². The minimum atomic E-state index is -0.205. The van der Waals surface area contributed by atoms with Crippen LogP contribution in [0.15, 0.2) is 0 Å². The maximum Gasteiger partial charge on any atom is 2.00 e. The summed E-state index contributed by atoms with van der Waals surface area (Å²) >= 11 is 9.48. The Kier molecular flexibility index (Phi) is 78.9. The molecule has 0 aliphatic heterocycles. The van der Waals surface area contributed by atoms with Crippen LogP contribution in [0.25, 0.3) is 0 Å². The van der Waals surface area contributed by atoms with Crippen LogP contribution < -0.4 is 0 Å². The molecule has 0 saturated heterocycles. The van der Waals surface area contributed by atoms with Crippen molar-refractivity contribution in [3.8, 4) is 0 Å². The number of hydrogen-bond acceptors (Lipinski definition) is 10. The standard InChI is InChI=1S/2C20H40O2S.2C7H13O2.Sn/c2*1-2-3-4-5-6-7-8-9-10-11-12-13-14-15-16-17-20(21)22-18-19-23;2*1-3-5-6-9-7(8)4-2;/h2*23H,2-19H2,1H3;2*2-6H2,1H3;/q;;;;+2/p-2. The van der Waals surface area contributed by atoms with Crippen LogP contribution in [0, 0.1) is 13.8 Å². The molecule has 0 heterocycles. The third-order valence-electron chi connectivity index (χ3n) is 10.6. The van der Waals surface area contributed by atoms with E-state index in [0.29, 0.717) is 50.8 Å². The van der Waals surface area contributed by atoms with E-state index in [0.717, 1.165) is 51.4 Å². The molecule has 0 N–H and O–H groups in total. The maximum absolute atomic E-state index is 11.3. The number of ether oxygens (including phenoxy) is 4. The van der Waals surface area contributed by atoms with Crippen LogP contribution in [0.5, 0.6) is 0 Å². The summed E-state index contributed by atoms with van der Waals surface area (Å²) in [6, 6.07) is 0. The molecule has 0 saturated carbocycles. The molecule has 0 aromatic rings. The van der Waals surface area contributed by atoms with Crippen molar-refractivity contribution in [3.63, 3.8) is 0 Å². The van der Waals surface area contributed by atoms with Crippen LogP contribution in [0.2, 0.25) is 0 Å². The Morgan fingerprint density at radius 3 is 0.708 bits per heavy atom. The van der Waals surface area contributed by atoms with Crippen molar-refractivity contribution >= 4 is 73.0 Å². The van der Waals surface area contributed by atoms with Gasteiger partial charge in [0.05, 0.1) is 26.4 Å². The Morgan fingerprint density at radius 2 is 0.508 bits per heavy atom. The zero-order chi connectivity index (χ0) is 48.3. The van der Waals surface area contributed by atoms with Gasteiger partial charge in [0, 0.05) is 25.7 Å². The van der Waals surface area contributed by atoms with Crippen LogP contribution in [-0.2, 0) is 63.4 Å². The summed E-state index contributed by atoms with van der Waals surface area (Å²) in [4.78, 5) is 43.3. The maximum atomic E-state index is 11.3. The van der Waals surface area contributed by atoms with Gasteiger partial charge in [0.1, 0.15) is 0 Å². The smallest absolute Gasteiger partial charge is 0.789 e.